The zero-order chi connectivity index (χ0) is 17.1. The molecule has 124 valence electrons. The lowest BCUT2D eigenvalue weighted by Gasteiger charge is -2.18. The van der Waals surface area contributed by atoms with Gasteiger partial charge >= 0.3 is 5.97 Å². The molecule has 0 saturated carbocycles. The van der Waals surface area contributed by atoms with Gasteiger partial charge in [-0.3, -0.25) is 9.59 Å². The molecule has 2 aromatic rings. The average Bonchev–Trinajstić information content (AvgIpc) is 2.99. The molecule has 0 N–H and O–H groups in total. The van der Waals surface area contributed by atoms with Crippen LogP contribution in [-0.2, 0) is 9.53 Å². The summed E-state index contributed by atoms with van der Waals surface area (Å²) in [7, 11) is 2.97. The first-order valence-electron chi connectivity index (χ1n) is 7.75. The van der Waals surface area contributed by atoms with Gasteiger partial charge in [0.25, 0.3) is 5.91 Å². The number of anilines is 1. The van der Waals surface area contributed by atoms with Crippen molar-refractivity contribution >= 4 is 17.6 Å². The summed E-state index contributed by atoms with van der Waals surface area (Å²) in [5, 5.41) is 0. The fourth-order valence-electron chi connectivity index (χ4n) is 3.04. The SMILES string of the molecule is COC(=O)CC1CN(C(=O)c2ccc(OC)cc2)c2ccccc21. The first-order valence-corrected chi connectivity index (χ1v) is 7.75. The van der Waals surface area contributed by atoms with Gasteiger partial charge in [0.05, 0.1) is 20.6 Å². The highest BCUT2D eigenvalue weighted by Crippen LogP contribution is 2.38. The highest BCUT2D eigenvalue weighted by atomic mass is 16.5. The third-order valence-corrected chi connectivity index (χ3v) is 4.29. The van der Waals surface area contributed by atoms with E-state index in [9.17, 15) is 9.59 Å². The molecule has 5 heteroatoms. The number of benzene rings is 2. The second-order valence-corrected chi connectivity index (χ2v) is 5.68. The molecule has 3 rings (SSSR count). The van der Waals surface area contributed by atoms with Crippen LogP contribution in [0.4, 0.5) is 5.69 Å². The van der Waals surface area contributed by atoms with E-state index in [2.05, 4.69) is 0 Å². The molecule has 1 amide bonds. The van der Waals surface area contributed by atoms with Gasteiger partial charge in [-0.15, -0.1) is 0 Å². The van der Waals surface area contributed by atoms with E-state index in [1.165, 1.54) is 7.11 Å². The zero-order valence-electron chi connectivity index (χ0n) is 13.7. The smallest absolute Gasteiger partial charge is 0.306 e. The van der Waals surface area contributed by atoms with E-state index < -0.39 is 0 Å². The third-order valence-electron chi connectivity index (χ3n) is 4.29. The van der Waals surface area contributed by atoms with Gasteiger partial charge < -0.3 is 14.4 Å². The van der Waals surface area contributed by atoms with Gasteiger partial charge in [0.15, 0.2) is 0 Å². The summed E-state index contributed by atoms with van der Waals surface area (Å²) in [6.07, 6.45) is 0.264. The Morgan fingerprint density at radius 1 is 1.08 bits per heavy atom. The monoisotopic (exact) mass is 325 g/mol. The summed E-state index contributed by atoms with van der Waals surface area (Å²) in [4.78, 5) is 26.3. The molecule has 2 aromatic carbocycles. The van der Waals surface area contributed by atoms with Crippen molar-refractivity contribution in [2.75, 3.05) is 25.7 Å². The van der Waals surface area contributed by atoms with Crippen LogP contribution >= 0.6 is 0 Å². The number of para-hydroxylation sites is 1. The number of carbonyl (C=O) groups excluding carboxylic acids is 2. The number of ether oxygens (including phenoxy) is 2. The summed E-state index contributed by atoms with van der Waals surface area (Å²) in [5.41, 5.74) is 2.45. The van der Waals surface area contributed by atoms with E-state index in [0.717, 1.165) is 11.3 Å². The molecule has 0 fully saturated rings. The Kier molecular flexibility index (Phi) is 4.51. The standard InChI is InChI=1S/C19H19NO4/c1-23-15-9-7-13(8-10-15)19(22)20-12-14(11-18(21)24-2)16-5-3-4-6-17(16)20/h3-10,14H,11-12H2,1-2H3. The average molecular weight is 325 g/mol. The summed E-state index contributed by atoms with van der Waals surface area (Å²) in [5.74, 6) is 0.304. The zero-order valence-corrected chi connectivity index (χ0v) is 13.7. The lowest BCUT2D eigenvalue weighted by molar-refractivity contribution is -0.141. The number of amides is 1. The third kappa shape index (κ3) is 2.97. The first-order chi connectivity index (χ1) is 11.6. The first kappa shape index (κ1) is 16.1. The molecule has 0 aliphatic carbocycles. The van der Waals surface area contributed by atoms with Gasteiger partial charge in [-0.05, 0) is 35.9 Å². The Morgan fingerprint density at radius 2 is 1.79 bits per heavy atom. The predicted octanol–water partition coefficient (Wildman–Crippen LogP) is 3.00. The van der Waals surface area contributed by atoms with Crippen molar-refractivity contribution in [3.63, 3.8) is 0 Å². The molecule has 0 saturated heterocycles. The number of carbonyl (C=O) groups is 2. The molecule has 24 heavy (non-hydrogen) atoms. The molecule has 1 atom stereocenters. The number of hydrogen-bond acceptors (Lipinski definition) is 4. The maximum Gasteiger partial charge on any atom is 0.306 e. The molecule has 1 unspecified atom stereocenters. The van der Waals surface area contributed by atoms with Gasteiger partial charge in [-0.2, -0.15) is 0 Å². The minimum atomic E-state index is -0.270. The van der Waals surface area contributed by atoms with Gasteiger partial charge in [0.1, 0.15) is 5.75 Å². The number of fused-ring (bicyclic) bond motifs is 1. The lowest BCUT2D eigenvalue weighted by Crippen LogP contribution is -2.30. The number of nitrogens with zero attached hydrogens (tertiary/aromatic N) is 1. The van der Waals surface area contributed by atoms with Crippen LogP contribution in [-0.4, -0.2) is 32.6 Å². The van der Waals surface area contributed by atoms with Gasteiger partial charge in [-0.1, -0.05) is 18.2 Å². The van der Waals surface area contributed by atoms with Crippen molar-refractivity contribution in [3.8, 4) is 5.75 Å². The van der Waals surface area contributed by atoms with Crippen molar-refractivity contribution in [2.45, 2.75) is 12.3 Å². The fourth-order valence-corrected chi connectivity index (χ4v) is 3.04. The van der Waals surface area contributed by atoms with E-state index in [1.54, 1.807) is 36.3 Å². The van der Waals surface area contributed by atoms with Crippen LogP contribution in [0.5, 0.6) is 5.75 Å². The molecule has 0 radical (unpaired) electrons. The van der Waals surface area contributed by atoms with Crippen molar-refractivity contribution in [1.82, 2.24) is 0 Å². The summed E-state index contributed by atoms with van der Waals surface area (Å²) < 4.78 is 9.90. The number of esters is 1. The van der Waals surface area contributed by atoms with Crippen LogP contribution in [0.3, 0.4) is 0 Å². The maximum absolute atomic E-state index is 12.9. The number of rotatable bonds is 4. The number of methoxy groups -OCH3 is 2. The van der Waals surface area contributed by atoms with Gasteiger partial charge in [-0.25, -0.2) is 0 Å². The normalized spacial score (nSPS) is 15.8. The maximum atomic E-state index is 12.9. The predicted molar refractivity (Wildman–Crippen MR) is 90.5 cm³/mol. The van der Waals surface area contributed by atoms with E-state index in [4.69, 9.17) is 9.47 Å². The highest BCUT2D eigenvalue weighted by Gasteiger charge is 2.33. The van der Waals surface area contributed by atoms with Crippen LogP contribution in [0.15, 0.2) is 48.5 Å². The van der Waals surface area contributed by atoms with Crippen LogP contribution in [0, 0.1) is 0 Å². The molecular weight excluding hydrogens is 306 g/mol. The molecule has 5 nitrogen and oxygen atoms in total. The van der Waals surface area contributed by atoms with E-state index in [0.29, 0.717) is 17.9 Å². The molecule has 1 heterocycles. The molecule has 0 bridgehead atoms. The van der Waals surface area contributed by atoms with Crippen LogP contribution in [0.2, 0.25) is 0 Å². The largest absolute Gasteiger partial charge is 0.497 e. The Labute approximate surface area is 140 Å². The van der Waals surface area contributed by atoms with E-state index >= 15 is 0 Å². The molecule has 1 aliphatic heterocycles. The summed E-state index contributed by atoms with van der Waals surface area (Å²) in [6, 6.07) is 14.7. The minimum Gasteiger partial charge on any atom is -0.497 e. The molecule has 0 aromatic heterocycles. The van der Waals surface area contributed by atoms with Crippen LogP contribution in [0.1, 0.15) is 28.3 Å². The van der Waals surface area contributed by atoms with Gasteiger partial charge in [0.2, 0.25) is 0 Å². The topological polar surface area (TPSA) is 55.8 Å². The van der Waals surface area contributed by atoms with Crippen molar-refractivity contribution in [2.24, 2.45) is 0 Å². The van der Waals surface area contributed by atoms with Crippen LogP contribution < -0.4 is 9.64 Å². The summed E-state index contributed by atoms with van der Waals surface area (Å²) >= 11 is 0. The quantitative estimate of drug-likeness (QED) is 0.811. The molecular formula is C19H19NO4. The van der Waals surface area contributed by atoms with Gasteiger partial charge in [0, 0.05) is 23.7 Å². The Balaban J connectivity index is 1.88. The fraction of sp³-hybridized carbons (Fsp3) is 0.263. The molecule has 0 spiro atoms. The second-order valence-electron chi connectivity index (χ2n) is 5.68. The minimum absolute atomic E-state index is 0.0455. The van der Waals surface area contributed by atoms with E-state index in [1.807, 2.05) is 24.3 Å². The van der Waals surface area contributed by atoms with Crippen molar-refractivity contribution in [3.05, 3.63) is 59.7 Å². The Bertz CT molecular complexity index is 754. The van der Waals surface area contributed by atoms with Crippen LogP contribution in [0.25, 0.3) is 0 Å². The molecule has 1 aliphatic rings. The second kappa shape index (κ2) is 6.74. The lowest BCUT2D eigenvalue weighted by atomic mass is 9.98. The van der Waals surface area contributed by atoms with Crippen molar-refractivity contribution in [1.29, 1.82) is 0 Å². The summed E-state index contributed by atoms with van der Waals surface area (Å²) in [6.45, 7) is 0.472. The highest BCUT2D eigenvalue weighted by molar-refractivity contribution is 6.07. The number of hydrogen-bond donors (Lipinski definition) is 0. The van der Waals surface area contributed by atoms with Crippen molar-refractivity contribution < 1.29 is 19.1 Å². The van der Waals surface area contributed by atoms with E-state index in [-0.39, 0.29) is 24.2 Å². The Hall–Kier alpha value is -2.82. The Morgan fingerprint density at radius 3 is 2.46 bits per heavy atom.